The van der Waals surface area contributed by atoms with Crippen molar-refractivity contribution in [1.82, 2.24) is 4.31 Å². The molecular formula is C23H23ClN2O3S. The van der Waals surface area contributed by atoms with Crippen molar-refractivity contribution in [3.8, 4) is 0 Å². The van der Waals surface area contributed by atoms with Crippen LogP contribution in [0, 0.1) is 13.8 Å². The second-order valence-corrected chi connectivity index (χ2v) is 9.72. The van der Waals surface area contributed by atoms with Gasteiger partial charge in [-0.3, -0.25) is 4.79 Å². The average molecular weight is 443 g/mol. The van der Waals surface area contributed by atoms with Crippen molar-refractivity contribution in [3.05, 3.63) is 94.0 Å². The lowest BCUT2D eigenvalue weighted by molar-refractivity contribution is 0.102. The summed E-state index contributed by atoms with van der Waals surface area (Å²) in [5.41, 5.74) is 4.17. The Kier molecular flexibility index (Phi) is 6.61. The molecule has 0 radical (unpaired) electrons. The SMILES string of the molecule is Cc1cc(C)cc(NC(=O)c2ccc(CN(C)S(=O)(=O)c3ccc(Cl)cc3)cc2)c1. The smallest absolute Gasteiger partial charge is 0.255 e. The number of anilines is 1. The highest BCUT2D eigenvalue weighted by Gasteiger charge is 2.21. The molecule has 156 valence electrons. The van der Waals surface area contributed by atoms with Crippen molar-refractivity contribution in [3.63, 3.8) is 0 Å². The number of halogens is 1. The maximum Gasteiger partial charge on any atom is 0.255 e. The fourth-order valence-electron chi connectivity index (χ4n) is 3.14. The van der Waals surface area contributed by atoms with Gasteiger partial charge in [-0.05, 0) is 79.1 Å². The van der Waals surface area contributed by atoms with Crippen LogP contribution in [-0.2, 0) is 16.6 Å². The number of sulfonamides is 1. The second kappa shape index (κ2) is 9.00. The van der Waals surface area contributed by atoms with Crippen molar-refractivity contribution in [2.75, 3.05) is 12.4 Å². The zero-order valence-electron chi connectivity index (χ0n) is 17.0. The van der Waals surface area contributed by atoms with Gasteiger partial charge in [0.2, 0.25) is 10.0 Å². The van der Waals surface area contributed by atoms with E-state index in [1.807, 2.05) is 32.0 Å². The molecule has 0 fully saturated rings. The molecule has 3 aromatic rings. The quantitative estimate of drug-likeness (QED) is 0.582. The van der Waals surface area contributed by atoms with Crippen LogP contribution in [0.5, 0.6) is 0 Å². The van der Waals surface area contributed by atoms with E-state index in [0.29, 0.717) is 10.6 Å². The van der Waals surface area contributed by atoms with Gasteiger partial charge in [0.25, 0.3) is 5.91 Å². The molecule has 5 nitrogen and oxygen atoms in total. The molecule has 0 aliphatic rings. The Hall–Kier alpha value is -2.67. The Balaban J connectivity index is 1.69. The van der Waals surface area contributed by atoms with Crippen LogP contribution in [0.4, 0.5) is 5.69 Å². The largest absolute Gasteiger partial charge is 0.322 e. The topological polar surface area (TPSA) is 66.5 Å². The van der Waals surface area contributed by atoms with Gasteiger partial charge in [-0.25, -0.2) is 8.42 Å². The summed E-state index contributed by atoms with van der Waals surface area (Å²) in [7, 11) is -2.12. The molecule has 30 heavy (non-hydrogen) atoms. The Labute approximate surface area is 182 Å². The van der Waals surface area contributed by atoms with Crippen molar-refractivity contribution < 1.29 is 13.2 Å². The molecule has 0 aliphatic heterocycles. The van der Waals surface area contributed by atoms with Gasteiger partial charge in [0, 0.05) is 29.9 Å². The normalized spacial score (nSPS) is 11.5. The number of rotatable bonds is 6. The molecule has 0 aliphatic carbocycles. The highest BCUT2D eigenvalue weighted by Crippen LogP contribution is 2.20. The molecule has 3 aromatic carbocycles. The number of benzene rings is 3. The minimum absolute atomic E-state index is 0.179. The second-order valence-electron chi connectivity index (χ2n) is 7.24. The van der Waals surface area contributed by atoms with E-state index in [4.69, 9.17) is 11.6 Å². The molecule has 7 heteroatoms. The van der Waals surface area contributed by atoms with Crippen LogP contribution < -0.4 is 5.32 Å². The first-order valence-electron chi connectivity index (χ1n) is 9.35. The summed E-state index contributed by atoms with van der Waals surface area (Å²) in [5.74, 6) is -0.214. The lowest BCUT2D eigenvalue weighted by Crippen LogP contribution is -2.26. The summed E-state index contributed by atoms with van der Waals surface area (Å²) in [6.45, 7) is 4.14. The van der Waals surface area contributed by atoms with Gasteiger partial charge in [0.05, 0.1) is 4.90 Å². The highest BCUT2D eigenvalue weighted by molar-refractivity contribution is 7.89. The van der Waals surface area contributed by atoms with Crippen molar-refractivity contribution in [2.45, 2.75) is 25.3 Å². The maximum absolute atomic E-state index is 12.7. The molecule has 0 aromatic heterocycles. The van der Waals surface area contributed by atoms with E-state index in [1.54, 1.807) is 36.4 Å². The van der Waals surface area contributed by atoms with E-state index >= 15 is 0 Å². The van der Waals surface area contributed by atoms with Crippen LogP contribution in [0.1, 0.15) is 27.0 Å². The zero-order valence-corrected chi connectivity index (χ0v) is 18.6. The van der Waals surface area contributed by atoms with Crippen LogP contribution in [-0.4, -0.2) is 25.7 Å². The molecule has 0 heterocycles. The Morgan fingerprint density at radius 1 is 0.933 bits per heavy atom. The number of carbonyl (C=O) groups is 1. The maximum atomic E-state index is 12.7. The fourth-order valence-corrected chi connectivity index (χ4v) is 4.43. The molecule has 3 rings (SSSR count). The van der Waals surface area contributed by atoms with E-state index in [2.05, 4.69) is 5.32 Å². The lowest BCUT2D eigenvalue weighted by Gasteiger charge is -2.17. The van der Waals surface area contributed by atoms with Gasteiger partial charge in [-0.15, -0.1) is 0 Å². The van der Waals surface area contributed by atoms with Crippen LogP contribution in [0.2, 0.25) is 5.02 Å². The number of amides is 1. The van der Waals surface area contributed by atoms with Crippen LogP contribution >= 0.6 is 11.6 Å². The number of carbonyl (C=O) groups excluding carboxylic acids is 1. The molecule has 0 atom stereocenters. The Morgan fingerprint density at radius 3 is 2.07 bits per heavy atom. The first kappa shape index (κ1) is 22.0. The minimum atomic E-state index is -3.63. The van der Waals surface area contributed by atoms with E-state index in [9.17, 15) is 13.2 Å². The molecule has 0 unspecified atom stereocenters. The van der Waals surface area contributed by atoms with E-state index in [0.717, 1.165) is 22.4 Å². The van der Waals surface area contributed by atoms with Gasteiger partial charge in [0.15, 0.2) is 0 Å². The molecule has 1 N–H and O–H groups in total. The van der Waals surface area contributed by atoms with Gasteiger partial charge in [-0.2, -0.15) is 4.31 Å². The fraction of sp³-hybridized carbons (Fsp3) is 0.174. The third kappa shape index (κ3) is 5.27. The number of hydrogen-bond acceptors (Lipinski definition) is 3. The first-order chi connectivity index (χ1) is 14.1. The molecule has 0 saturated heterocycles. The summed E-state index contributed by atoms with van der Waals surface area (Å²) < 4.78 is 26.7. The third-order valence-electron chi connectivity index (χ3n) is 4.62. The van der Waals surface area contributed by atoms with Crippen LogP contribution in [0.3, 0.4) is 0 Å². The Morgan fingerprint density at radius 2 is 1.50 bits per heavy atom. The minimum Gasteiger partial charge on any atom is -0.322 e. The van der Waals surface area contributed by atoms with Crippen LogP contribution in [0.25, 0.3) is 0 Å². The predicted molar refractivity (Wildman–Crippen MR) is 120 cm³/mol. The standard InChI is InChI=1S/C23H23ClN2O3S/c1-16-12-17(2)14-21(13-16)25-23(27)19-6-4-18(5-7-19)15-26(3)30(28,29)22-10-8-20(24)9-11-22/h4-14H,15H2,1-3H3,(H,25,27). The van der Waals surface area contributed by atoms with E-state index in [-0.39, 0.29) is 17.3 Å². The number of hydrogen-bond donors (Lipinski definition) is 1. The molecule has 1 amide bonds. The summed E-state index contributed by atoms with van der Waals surface area (Å²) in [4.78, 5) is 12.7. The Bertz CT molecular complexity index is 1140. The lowest BCUT2D eigenvalue weighted by atomic mass is 10.1. The summed E-state index contributed by atoms with van der Waals surface area (Å²) in [6.07, 6.45) is 0. The predicted octanol–water partition coefficient (Wildman–Crippen LogP) is 5.03. The van der Waals surface area contributed by atoms with Crippen molar-refractivity contribution in [2.24, 2.45) is 0 Å². The monoisotopic (exact) mass is 442 g/mol. The van der Waals surface area contributed by atoms with Crippen molar-refractivity contribution in [1.29, 1.82) is 0 Å². The van der Waals surface area contributed by atoms with E-state index < -0.39 is 10.0 Å². The van der Waals surface area contributed by atoms with Gasteiger partial charge in [0.1, 0.15) is 0 Å². The van der Waals surface area contributed by atoms with Gasteiger partial charge in [-0.1, -0.05) is 29.8 Å². The molecular weight excluding hydrogens is 420 g/mol. The number of nitrogens with zero attached hydrogens (tertiary/aromatic N) is 1. The summed E-state index contributed by atoms with van der Waals surface area (Å²) in [6, 6.07) is 18.8. The first-order valence-corrected chi connectivity index (χ1v) is 11.2. The summed E-state index contributed by atoms with van der Waals surface area (Å²) in [5, 5.41) is 3.37. The molecule has 0 bridgehead atoms. The van der Waals surface area contributed by atoms with Gasteiger partial charge < -0.3 is 5.32 Å². The zero-order chi connectivity index (χ0) is 21.9. The van der Waals surface area contributed by atoms with Gasteiger partial charge >= 0.3 is 0 Å². The number of aryl methyl sites for hydroxylation is 2. The number of nitrogens with one attached hydrogen (secondary N) is 1. The highest BCUT2D eigenvalue weighted by atomic mass is 35.5. The van der Waals surface area contributed by atoms with E-state index in [1.165, 1.54) is 23.5 Å². The van der Waals surface area contributed by atoms with Crippen molar-refractivity contribution >= 4 is 33.2 Å². The van der Waals surface area contributed by atoms with Crippen LogP contribution in [0.15, 0.2) is 71.6 Å². The third-order valence-corrected chi connectivity index (χ3v) is 6.69. The summed E-state index contributed by atoms with van der Waals surface area (Å²) >= 11 is 5.84. The average Bonchev–Trinajstić information content (AvgIpc) is 2.68. The molecule has 0 saturated carbocycles. The molecule has 0 spiro atoms.